The van der Waals surface area contributed by atoms with Crippen LogP contribution >= 0.6 is 0 Å². The van der Waals surface area contributed by atoms with Crippen molar-refractivity contribution in [3.05, 3.63) is 23.8 Å². The summed E-state index contributed by atoms with van der Waals surface area (Å²) in [5.41, 5.74) is 0.365. The number of amides is 1. The first-order valence-corrected chi connectivity index (χ1v) is 13.5. The van der Waals surface area contributed by atoms with Gasteiger partial charge in [0.05, 0.1) is 33.8 Å². The third-order valence-corrected chi connectivity index (χ3v) is 10.8. The third-order valence-electron chi connectivity index (χ3n) is 5.13. The van der Waals surface area contributed by atoms with Gasteiger partial charge in [0.1, 0.15) is 0 Å². The second kappa shape index (κ2) is 6.78. The minimum atomic E-state index is -3.98. The number of carbonyl (C=O) groups is 1. The van der Waals surface area contributed by atoms with E-state index >= 15 is 0 Å². The van der Waals surface area contributed by atoms with Crippen molar-refractivity contribution in [2.45, 2.75) is 31.2 Å². The number of carbonyl (C=O) groups excluding carboxylic acids is 1. The van der Waals surface area contributed by atoms with Crippen LogP contribution in [0.15, 0.2) is 23.1 Å². The van der Waals surface area contributed by atoms with Gasteiger partial charge in [-0.25, -0.2) is 29.6 Å². The molecule has 1 aromatic carbocycles. The lowest BCUT2D eigenvalue weighted by atomic mass is 10.2. The molecule has 2 aliphatic rings. The molecule has 0 radical (unpaired) electrons. The molecule has 0 unspecified atom stereocenters. The molecule has 0 N–H and O–H groups in total. The number of aryl methyl sites for hydroxylation is 1. The number of hydrogen-bond donors (Lipinski definition) is 0. The van der Waals surface area contributed by atoms with Crippen LogP contribution in [0.25, 0.3) is 0 Å². The van der Waals surface area contributed by atoms with Crippen LogP contribution in [-0.4, -0.2) is 65.8 Å². The van der Waals surface area contributed by atoms with E-state index in [0.717, 1.165) is 4.31 Å². The summed E-state index contributed by atoms with van der Waals surface area (Å²) in [4.78, 5) is 12.2. The van der Waals surface area contributed by atoms with Crippen molar-refractivity contribution in [3.8, 4) is 0 Å². The molecule has 9 nitrogen and oxygen atoms in total. The molecule has 0 saturated carbocycles. The van der Waals surface area contributed by atoms with Gasteiger partial charge in [-0.1, -0.05) is 6.92 Å². The molecule has 0 aromatic heterocycles. The lowest BCUT2D eigenvalue weighted by molar-refractivity contribution is -0.119. The zero-order chi connectivity index (χ0) is 21.1. The number of rotatable bonds is 4. The standard InChI is InChI=1S/C16H22N2O7S3/c1-11-8-13(18-16(19)12(2)9-27(18,22)23)4-5-15(11)28(24,25)17(3)14-6-7-26(20,21)10-14/h4-5,8,12,14H,6-7,9-10H2,1-3H3/t12-,14+/m0/s1. The number of hydrogen-bond acceptors (Lipinski definition) is 7. The monoisotopic (exact) mass is 450 g/mol. The second-order valence-corrected chi connectivity index (χ2v) is 13.4. The SMILES string of the molecule is Cc1cc(N2C(=O)[C@@H](C)CS2(=O)=O)ccc1S(=O)(=O)N(C)[C@@H]1CCS(=O)(=O)C1. The molecule has 3 rings (SSSR count). The van der Waals surface area contributed by atoms with E-state index in [-0.39, 0.29) is 39.8 Å². The summed E-state index contributed by atoms with van der Waals surface area (Å²) in [5, 5.41) is 0. The van der Waals surface area contributed by atoms with E-state index in [1.54, 1.807) is 0 Å². The summed E-state index contributed by atoms with van der Waals surface area (Å²) in [6.45, 7) is 3.03. The highest BCUT2D eigenvalue weighted by molar-refractivity contribution is 7.94. The van der Waals surface area contributed by atoms with Gasteiger partial charge in [-0.05, 0) is 37.1 Å². The Hall–Kier alpha value is -1.50. The van der Waals surface area contributed by atoms with E-state index in [1.807, 2.05) is 0 Å². The Bertz CT molecular complexity index is 1140. The second-order valence-electron chi connectivity index (χ2n) is 7.31. The van der Waals surface area contributed by atoms with E-state index in [1.165, 1.54) is 39.1 Å². The van der Waals surface area contributed by atoms with Gasteiger partial charge in [0.2, 0.25) is 26.0 Å². The molecule has 2 saturated heterocycles. The minimum Gasteiger partial charge on any atom is -0.273 e. The van der Waals surface area contributed by atoms with E-state index in [4.69, 9.17) is 0 Å². The van der Waals surface area contributed by atoms with Gasteiger partial charge >= 0.3 is 0 Å². The predicted octanol–water partition coefficient (Wildman–Crippen LogP) is 0.115. The van der Waals surface area contributed by atoms with Gasteiger partial charge in [-0.3, -0.25) is 4.79 Å². The fraction of sp³-hybridized carbons (Fsp3) is 0.562. The van der Waals surface area contributed by atoms with E-state index in [2.05, 4.69) is 0 Å². The molecule has 28 heavy (non-hydrogen) atoms. The molecule has 156 valence electrons. The average molecular weight is 451 g/mol. The number of sulfonamides is 2. The topological polar surface area (TPSA) is 126 Å². The molecule has 0 spiro atoms. The largest absolute Gasteiger partial charge is 0.273 e. The van der Waals surface area contributed by atoms with E-state index in [0.29, 0.717) is 4.31 Å². The van der Waals surface area contributed by atoms with Crippen molar-refractivity contribution in [1.29, 1.82) is 0 Å². The summed E-state index contributed by atoms with van der Waals surface area (Å²) < 4.78 is 75.5. The maximum atomic E-state index is 13.0. The zero-order valence-corrected chi connectivity index (χ0v) is 18.1. The Kier molecular flexibility index (Phi) is 5.14. The van der Waals surface area contributed by atoms with Gasteiger partial charge < -0.3 is 0 Å². The summed E-state index contributed by atoms with van der Waals surface area (Å²) in [5.74, 6) is -1.78. The fourth-order valence-electron chi connectivity index (χ4n) is 3.55. The van der Waals surface area contributed by atoms with Crippen LogP contribution < -0.4 is 4.31 Å². The summed E-state index contributed by atoms with van der Waals surface area (Å²) in [6, 6.07) is 3.24. The average Bonchev–Trinajstić information content (AvgIpc) is 3.02. The molecule has 2 aliphatic heterocycles. The normalized spacial score (nSPS) is 26.9. The van der Waals surface area contributed by atoms with Crippen LogP contribution in [0.2, 0.25) is 0 Å². The fourth-order valence-corrected chi connectivity index (χ4v) is 8.82. The van der Waals surface area contributed by atoms with Gasteiger partial charge in [-0.15, -0.1) is 0 Å². The van der Waals surface area contributed by atoms with Crippen LogP contribution in [0.3, 0.4) is 0 Å². The van der Waals surface area contributed by atoms with Gasteiger partial charge in [0.25, 0.3) is 0 Å². The zero-order valence-electron chi connectivity index (χ0n) is 15.7. The Morgan fingerprint density at radius 3 is 2.25 bits per heavy atom. The summed E-state index contributed by atoms with van der Waals surface area (Å²) >= 11 is 0. The first-order valence-electron chi connectivity index (χ1n) is 8.62. The number of nitrogens with zero attached hydrogens (tertiary/aromatic N) is 2. The van der Waals surface area contributed by atoms with Crippen molar-refractivity contribution in [1.82, 2.24) is 4.31 Å². The molecule has 1 aromatic rings. The van der Waals surface area contributed by atoms with Crippen molar-refractivity contribution in [2.24, 2.45) is 5.92 Å². The number of anilines is 1. The van der Waals surface area contributed by atoms with Crippen molar-refractivity contribution in [2.75, 3.05) is 28.6 Å². The van der Waals surface area contributed by atoms with Crippen LogP contribution in [0, 0.1) is 12.8 Å². The maximum Gasteiger partial charge on any atom is 0.244 e. The number of sulfone groups is 1. The van der Waals surface area contributed by atoms with Crippen LogP contribution in [0.1, 0.15) is 18.9 Å². The molecule has 12 heteroatoms. The summed E-state index contributed by atoms with van der Waals surface area (Å²) in [7, 11) is -9.68. The lowest BCUT2D eigenvalue weighted by Gasteiger charge is -2.24. The minimum absolute atomic E-state index is 0.0530. The number of benzene rings is 1. The molecular weight excluding hydrogens is 428 g/mol. The molecule has 0 bridgehead atoms. The van der Waals surface area contributed by atoms with Crippen molar-refractivity contribution < 1.29 is 30.0 Å². The first-order chi connectivity index (χ1) is 12.8. The first kappa shape index (κ1) is 21.2. The smallest absolute Gasteiger partial charge is 0.244 e. The van der Waals surface area contributed by atoms with Gasteiger partial charge in [0, 0.05) is 13.1 Å². The molecule has 2 fully saturated rings. The van der Waals surface area contributed by atoms with Crippen molar-refractivity contribution >= 4 is 41.5 Å². The van der Waals surface area contributed by atoms with E-state index in [9.17, 15) is 30.0 Å². The van der Waals surface area contributed by atoms with E-state index < -0.39 is 47.8 Å². The van der Waals surface area contributed by atoms with Gasteiger partial charge in [0.15, 0.2) is 9.84 Å². The maximum absolute atomic E-state index is 13.0. The quantitative estimate of drug-likeness (QED) is 0.637. The highest BCUT2D eigenvalue weighted by Crippen LogP contribution is 2.32. The van der Waals surface area contributed by atoms with Crippen molar-refractivity contribution in [3.63, 3.8) is 0 Å². The van der Waals surface area contributed by atoms with Crippen LogP contribution in [0.5, 0.6) is 0 Å². The lowest BCUT2D eigenvalue weighted by Crippen LogP contribution is -2.38. The Morgan fingerprint density at radius 2 is 1.79 bits per heavy atom. The predicted molar refractivity (Wildman–Crippen MR) is 104 cm³/mol. The highest BCUT2D eigenvalue weighted by atomic mass is 32.2. The van der Waals surface area contributed by atoms with Crippen LogP contribution in [-0.2, 0) is 34.7 Å². The Balaban J connectivity index is 1.95. The Morgan fingerprint density at radius 1 is 1.14 bits per heavy atom. The molecule has 0 aliphatic carbocycles. The molecular formula is C16H22N2O7S3. The molecule has 1 amide bonds. The highest BCUT2D eigenvalue weighted by Gasteiger charge is 2.42. The Labute approximate surface area is 165 Å². The molecule has 2 heterocycles. The van der Waals surface area contributed by atoms with Crippen LogP contribution in [0.4, 0.5) is 5.69 Å². The third kappa shape index (κ3) is 3.58. The summed E-state index contributed by atoms with van der Waals surface area (Å²) in [6.07, 6.45) is 0.230. The van der Waals surface area contributed by atoms with Gasteiger partial charge in [-0.2, -0.15) is 4.31 Å². The molecule has 2 atom stereocenters.